The summed E-state index contributed by atoms with van der Waals surface area (Å²) >= 11 is 0. The monoisotopic (exact) mass is 470 g/mol. The Balaban J connectivity index is 1.57. The van der Waals surface area contributed by atoms with Gasteiger partial charge in [0.15, 0.2) is 0 Å². The number of esters is 1. The molecule has 0 radical (unpaired) electrons. The van der Waals surface area contributed by atoms with Gasteiger partial charge in [-0.3, -0.25) is 4.79 Å². The van der Waals surface area contributed by atoms with Crippen molar-refractivity contribution in [1.29, 1.82) is 5.26 Å². The summed E-state index contributed by atoms with van der Waals surface area (Å²) in [6, 6.07) is 19.3. The number of ether oxygens (including phenoxy) is 2. The van der Waals surface area contributed by atoms with Crippen molar-refractivity contribution in [1.82, 2.24) is 5.32 Å². The molecule has 1 N–H and O–H groups in total. The maximum Gasteiger partial charge on any atom is 0.336 e. The number of benzene rings is 2. The summed E-state index contributed by atoms with van der Waals surface area (Å²) in [6.07, 6.45) is 7.95. The Hall–Kier alpha value is -4.57. The molecule has 0 aliphatic carbocycles. The van der Waals surface area contributed by atoms with Crippen molar-refractivity contribution in [2.24, 2.45) is 0 Å². The predicted octanol–water partition coefficient (Wildman–Crippen LogP) is 5.30. The van der Waals surface area contributed by atoms with Gasteiger partial charge in [-0.15, -0.1) is 0 Å². The molecule has 0 unspecified atom stereocenters. The van der Waals surface area contributed by atoms with Gasteiger partial charge in [-0.2, -0.15) is 5.26 Å². The van der Waals surface area contributed by atoms with Crippen molar-refractivity contribution in [2.45, 2.75) is 26.3 Å². The Labute approximate surface area is 204 Å². The minimum absolute atomic E-state index is 0.0518. The van der Waals surface area contributed by atoms with Crippen molar-refractivity contribution in [3.63, 3.8) is 0 Å². The van der Waals surface area contributed by atoms with E-state index in [0.29, 0.717) is 29.4 Å². The first-order valence-electron chi connectivity index (χ1n) is 11.2. The fourth-order valence-electron chi connectivity index (χ4n) is 3.01. The molecule has 0 saturated heterocycles. The number of amides is 1. The topological polar surface area (TPSA) is 102 Å². The number of carbonyl (C=O) groups excluding carboxylic acids is 2. The Morgan fingerprint density at radius 1 is 1.09 bits per heavy atom. The maximum absolute atomic E-state index is 12.3. The summed E-state index contributed by atoms with van der Waals surface area (Å²) in [4.78, 5) is 24.5. The molecule has 1 aromatic heterocycles. The molecule has 178 valence electrons. The summed E-state index contributed by atoms with van der Waals surface area (Å²) in [7, 11) is 0. The number of nitrogens with one attached hydrogen (secondary N) is 1. The van der Waals surface area contributed by atoms with E-state index in [2.05, 4.69) is 12.2 Å². The summed E-state index contributed by atoms with van der Waals surface area (Å²) in [6.45, 7) is 2.89. The van der Waals surface area contributed by atoms with Crippen LogP contribution in [-0.4, -0.2) is 18.5 Å². The van der Waals surface area contributed by atoms with Crippen LogP contribution < -0.4 is 14.8 Å². The van der Waals surface area contributed by atoms with E-state index >= 15 is 0 Å². The molecule has 0 aliphatic rings. The smallest absolute Gasteiger partial charge is 0.336 e. The van der Waals surface area contributed by atoms with Crippen molar-refractivity contribution in [2.75, 3.05) is 6.61 Å². The van der Waals surface area contributed by atoms with E-state index in [1.165, 1.54) is 18.4 Å². The van der Waals surface area contributed by atoms with Gasteiger partial charge in [0.25, 0.3) is 5.91 Å². The largest absolute Gasteiger partial charge is 0.493 e. The van der Waals surface area contributed by atoms with Crippen molar-refractivity contribution >= 4 is 24.0 Å². The molecule has 3 rings (SSSR count). The Morgan fingerprint density at radius 2 is 1.89 bits per heavy atom. The van der Waals surface area contributed by atoms with Gasteiger partial charge in [0.05, 0.1) is 19.4 Å². The highest BCUT2D eigenvalue weighted by Crippen LogP contribution is 2.20. The first-order valence-corrected chi connectivity index (χ1v) is 11.2. The number of carbonyl (C=O) groups is 2. The van der Waals surface area contributed by atoms with Crippen LogP contribution in [0.4, 0.5) is 0 Å². The molecule has 0 fully saturated rings. The molecule has 35 heavy (non-hydrogen) atoms. The van der Waals surface area contributed by atoms with Gasteiger partial charge < -0.3 is 19.2 Å². The number of nitriles is 1. The summed E-state index contributed by atoms with van der Waals surface area (Å²) < 4.78 is 16.3. The van der Waals surface area contributed by atoms with E-state index in [1.54, 1.807) is 42.5 Å². The molecular formula is C28H26N2O5. The number of para-hydroxylation sites is 1. The summed E-state index contributed by atoms with van der Waals surface area (Å²) in [5, 5.41) is 12.0. The normalized spacial score (nSPS) is 11.1. The van der Waals surface area contributed by atoms with E-state index in [-0.39, 0.29) is 12.1 Å². The quantitative estimate of drug-likeness (QED) is 0.134. The average molecular weight is 471 g/mol. The molecule has 1 heterocycles. The van der Waals surface area contributed by atoms with Crippen LogP contribution >= 0.6 is 0 Å². The lowest BCUT2D eigenvalue weighted by atomic mass is 10.1. The lowest BCUT2D eigenvalue weighted by Crippen LogP contribution is -2.23. The molecule has 7 nitrogen and oxygen atoms in total. The molecule has 2 aromatic carbocycles. The first kappa shape index (κ1) is 25.1. The summed E-state index contributed by atoms with van der Waals surface area (Å²) in [5.41, 5.74) is 1.35. The van der Waals surface area contributed by atoms with Crippen molar-refractivity contribution in [3.05, 3.63) is 95.5 Å². The van der Waals surface area contributed by atoms with Gasteiger partial charge in [-0.25, -0.2) is 4.79 Å². The zero-order valence-corrected chi connectivity index (χ0v) is 19.4. The van der Waals surface area contributed by atoms with Crippen LogP contribution in [-0.2, 0) is 16.1 Å². The van der Waals surface area contributed by atoms with Gasteiger partial charge in [-0.05, 0) is 54.5 Å². The van der Waals surface area contributed by atoms with Crippen LogP contribution in [0.25, 0.3) is 12.2 Å². The highest BCUT2D eigenvalue weighted by Gasteiger charge is 2.10. The number of hydrogen-bond donors (Lipinski definition) is 1. The van der Waals surface area contributed by atoms with E-state index in [9.17, 15) is 14.9 Å². The fraction of sp³-hybridized carbons (Fsp3) is 0.179. The third kappa shape index (κ3) is 8.06. The Kier molecular flexibility index (Phi) is 9.46. The average Bonchev–Trinajstić information content (AvgIpc) is 3.40. The van der Waals surface area contributed by atoms with E-state index in [0.717, 1.165) is 18.4 Å². The van der Waals surface area contributed by atoms with Crippen molar-refractivity contribution < 1.29 is 23.5 Å². The van der Waals surface area contributed by atoms with Crippen LogP contribution in [0, 0.1) is 11.3 Å². The van der Waals surface area contributed by atoms with Crippen molar-refractivity contribution in [3.8, 4) is 17.6 Å². The fourth-order valence-corrected chi connectivity index (χ4v) is 3.01. The number of rotatable bonds is 11. The number of nitrogens with zero attached hydrogens (tertiary/aromatic N) is 1. The van der Waals surface area contributed by atoms with Gasteiger partial charge in [0, 0.05) is 11.6 Å². The SMILES string of the molecule is CCCCOc1ccccc1/C=C/C(=O)Oc1ccc(/C=C(\C#N)C(=O)NCc2ccco2)cc1. The standard InChI is InChI=1S/C28H26N2O5/c1-2-3-16-34-26-9-5-4-7-22(26)12-15-27(31)35-24-13-10-21(11-14-24)18-23(19-29)28(32)30-20-25-8-6-17-33-25/h4-15,17-18H,2-3,16,20H2,1H3,(H,30,32)/b15-12+,23-18+. The lowest BCUT2D eigenvalue weighted by Gasteiger charge is -2.08. The second-order valence-corrected chi connectivity index (χ2v) is 7.50. The molecule has 0 aliphatic heterocycles. The van der Waals surface area contributed by atoms with E-state index in [4.69, 9.17) is 13.9 Å². The maximum atomic E-state index is 12.3. The lowest BCUT2D eigenvalue weighted by molar-refractivity contribution is -0.128. The van der Waals surface area contributed by atoms with Gasteiger partial charge in [-0.1, -0.05) is 43.7 Å². The minimum atomic E-state index is -0.535. The second-order valence-electron chi connectivity index (χ2n) is 7.50. The number of hydrogen-bond acceptors (Lipinski definition) is 6. The highest BCUT2D eigenvalue weighted by atomic mass is 16.5. The molecule has 0 spiro atoms. The van der Waals surface area contributed by atoms with Crippen LogP contribution in [0.2, 0.25) is 0 Å². The molecule has 0 atom stereocenters. The Morgan fingerprint density at radius 3 is 2.60 bits per heavy atom. The third-order valence-corrected chi connectivity index (χ3v) is 4.85. The third-order valence-electron chi connectivity index (χ3n) is 4.85. The predicted molar refractivity (Wildman–Crippen MR) is 132 cm³/mol. The number of unbranched alkanes of at least 4 members (excludes halogenated alkanes) is 1. The zero-order valence-electron chi connectivity index (χ0n) is 19.4. The minimum Gasteiger partial charge on any atom is -0.493 e. The van der Waals surface area contributed by atoms with Gasteiger partial charge >= 0.3 is 5.97 Å². The molecule has 0 bridgehead atoms. The summed E-state index contributed by atoms with van der Waals surface area (Å²) in [5.74, 6) is 0.589. The van der Waals surface area contributed by atoms with Gasteiger partial charge in [0.1, 0.15) is 28.9 Å². The zero-order chi connectivity index (χ0) is 24.9. The second kappa shape index (κ2) is 13.2. The molecule has 0 saturated carbocycles. The van der Waals surface area contributed by atoms with Crippen LogP contribution in [0.5, 0.6) is 11.5 Å². The molecule has 7 heteroatoms. The highest BCUT2D eigenvalue weighted by molar-refractivity contribution is 6.01. The van der Waals surface area contributed by atoms with Crippen LogP contribution in [0.1, 0.15) is 36.7 Å². The van der Waals surface area contributed by atoms with Gasteiger partial charge in [0.2, 0.25) is 0 Å². The van der Waals surface area contributed by atoms with Crippen LogP contribution in [0.15, 0.2) is 83.0 Å². The van der Waals surface area contributed by atoms with Crippen LogP contribution in [0.3, 0.4) is 0 Å². The van der Waals surface area contributed by atoms with E-state index < -0.39 is 11.9 Å². The molecule has 1 amide bonds. The molecular weight excluding hydrogens is 444 g/mol. The number of furan rings is 1. The molecule has 3 aromatic rings. The van der Waals surface area contributed by atoms with E-state index in [1.807, 2.05) is 30.3 Å². The first-order chi connectivity index (χ1) is 17.1. The Bertz CT molecular complexity index is 1220.